The van der Waals surface area contributed by atoms with E-state index in [0.29, 0.717) is 17.9 Å². The molecule has 0 aliphatic carbocycles. The van der Waals surface area contributed by atoms with Crippen LogP contribution in [0, 0.1) is 0 Å². The van der Waals surface area contributed by atoms with E-state index in [9.17, 15) is 13.2 Å². The minimum atomic E-state index is -3.50. The number of aryl methyl sites for hydroxylation is 1. The van der Waals surface area contributed by atoms with Gasteiger partial charge in [-0.25, -0.2) is 8.42 Å². The Morgan fingerprint density at radius 3 is 2.92 bits per heavy atom. The maximum atomic E-state index is 12.6. The highest BCUT2D eigenvalue weighted by atomic mass is 32.2. The van der Waals surface area contributed by atoms with E-state index in [1.54, 1.807) is 29.2 Å². The lowest BCUT2D eigenvalue weighted by Crippen LogP contribution is -2.35. The van der Waals surface area contributed by atoms with Crippen LogP contribution in [0.2, 0.25) is 0 Å². The average molecular weight is 364 g/mol. The number of carbonyl (C=O) groups excluding carboxylic acids is 1. The van der Waals surface area contributed by atoms with Gasteiger partial charge < -0.3 is 14.1 Å². The smallest absolute Gasteiger partial charge is 0.293 e. The fraction of sp³-hybridized carbons (Fsp3) is 0.353. The summed E-state index contributed by atoms with van der Waals surface area (Å²) in [7, 11) is -2.05. The van der Waals surface area contributed by atoms with Crippen molar-refractivity contribution in [2.24, 2.45) is 0 Å². The van der Waals surface area contributed by atoms with Crippen molar-refractivity contribution in [3.05, 3.63) is 47.9 Å². The van der Waals surface area contributed by atoms with Gasteiger partial charge in [-0.1, -0.05) is 6.07 Å². The van der Waals surface area contributed by atoms with Crippen molar-refractivity contribution < 1.29 is 22.4 Å². The van der Waals surface area contributed by atoms with Crippen molar-refractivity contribution in [2.45, 2.75) is 12.8 Å². The molecule has 0 spiro atoms. The van der Waals surface area contributed by atoms with Gasteiger partial charge in [0.2, 0.25) is 10.0 Å². The summed E-state index contributed by atoms with van der Waals surface area (Å²) in [6.45, 7) is 0.676. The van der Waals surface area contributed by atoms with E-state index in [-0.39, 0.29) is 24.0 Å². The largest absolute Gasteiger partial charge is 0.459 e. The molecule has 3 rings (SSSR count). The highest BCUT2D eigenvalue weighted by Gasteiger charge is 2.26. The van der Waals surface area contributed by atoms with Gasteiger partial charge >= 0.3 is 0 Å². The lowest BCUT2D eigenvalue weighted by molar-refractivity contribution is 0.0958. The number of nitrogens with one attached hydrogen (secondary N) is 1. The maximum absolute atomic E-state index is 12.6. The van der Waals surface area contributed by atoms with Gasteiger partial charge in [-0.2, -0.15) is 0 Å². The Morgan fingerprint density at radius 2 is 2.20 bits per heavy atom. The Balaban J connectivity index is 1.87. The Labute approximate surface area is 146 Å². The SMILES string of the molecule is COCCS(=O)(=O)Nc1ccc2c(c1)N(C(=O)c1ccco1)CCC2. The molecule has 8 heteroatoms. The fourth-order valence-corrected chi connectivity index (χ4v) is 3.78. The van der Waals surface area contributed by atoms with Crippen molar-refractivity contribution in [1.82, 2.24) is 0 Å². The van der Waals surface area contributed by atoms with Gasteiger partial charge in [0, 0.05) is 19.3 Å². The molecule has 2 aromatic rings. The third-order valence-corrected chi connectivity index (χ3v) is 5.26. The molecule has 0 fully saturated rings. The normalized spacial score (nSPS) is 14.2. The zero-order valence-corrected chi connectivity index (χ0v) is 14.7. The first kappa shape index (κ1) is 17.5. The van der Waals surface area contributed by atoms with Crippen LogP contribution in [0.25, 0.3) is 0 Å². The first-order chi connectivity index (χ1) is 12.0. The maximum Gasteiger partial charge on any atom is 0.293 e. The van der Waals surface area contributed by atoms with Crippen molar-refractivity contribution in [1.29, 1.82) is 0 Å². The lowest BCUT2D eigenvalue weighted by Gasteiger charge is -2.29. The summed E-state index contributed by atoms with van der Waals surface area (Å²) in [6.07, 6.45) is 3.14. The summed E-state index contributed by atoms with van der Waals surface area (Å²) >= 11 is 0. The van der Waals surface area contributed by atoms with Gasteiger partial charge in [0.05, 0.1) is 24.3 Å². The Hall–Kier alpha value is -2.32. The van der Waals surface area contributed by atoms with Crippen molar-refractivity contribution in [3.63, 3.8) is 0 Å². The van der Waals surface area contributed by atoms with Crippen LogP contribution in [0.4, 0.5) is 11.4 Å². The topological polar surface area (TPSA) is 88.9 Å². The Morgan fingerprint density at radius 1 is 1.36 bits per heavy atom. The van der Waals surface area contributed by atoms with E-state index in [2.05, 4.69) is 4.72 Å². The quantitative estimate of drug-likeness (QED) is 0.849. The van der Waals surface area contributed by atoms with Crippen molar-refractivity contribution in [2.75, 3.05) is 35.6 Å². The van der Waals surface area contributed by atoms with Gasteiger partial charge in [-0.05, 0) is 42.7 Å². The first-order valence-electron chi connectivity index (χ1n) is 7.98. The van der Waals surface area contributed by atoms with Gasteiger partial charge in [0.15, 0.2) is 5.76 Å². The lowest BCUT2D eigenvalue weighted by atomic mass is 10.0. The number of sulfonamides is 1. The second-order valence-electron chi connectivity index (χ2n) is 5.79. The van der Waals surface area contributed by atoms with Crippen LogP contribution < -0.4 is 9.62 Å². The number of carbonyl (C=O) groups is 1. The van der Waals surface area contributed by atoms with Crippen molar-refractivity contribution in [3.8, 4) is 0 Å². The third-order valence-electron chi connectivity index (χ3n) is 4.01. The molecule has 0 atom stereocenters. The molecule has 134 valence electrons. The average Bonchev–Trinajstić information content (AvgIpc) is 3.13. The molecule has 0 radical (unpaired) electrons. The van der Waals surface area contributed by atoms with Crippen LogP contribution in [0.5, 0.6) is 0 Å². The highest BCUT2D eigenvalue weighted by molar-refractivity contribution is 7.92. The number of methoxy groups -OCH3 is 1. The van der Waals surface area contributed by atoms with Crippen molar-refractivity contribution >= 4 is 27.3 Å². The summed E-state index contributed by atoms with van der Waals surface area (Å²) in [5, 5.41) is 0. The summed E-state index contributed by atoms with van der Waals surface area (Å²) in [5.41, 5.74) is 2.14. The highest BCUT2D eigenvalue weighted by Crippen LogP contribution is 2.31. The number of hydrogen-bond donors (Lipinski definition) is 1. The summed E-state index contributed by atoms with van der Waals surface area (Å²) in [4.78, 5) is 14.3. The fourth-order valence-electron chi connectivity index (χ4n) is 2.81. The third kappa shape index (κ3) is 4.02. The second-order valence-corrected chi connectivity index (χ2v) is 7.64. The molecular formula is C17H20N2O5S. The molecule has 0 saturated heterocycles. The van der Waals surface area contributed by atoms with Gasteiger partial charge in [-0.15, -0.1) is 0 Å². The summed E-state index contributed by atoms with van der Waals surface area (Å²) in [5.74, 6) is -0.0976. The molecule has 25 heavy (non-hydrogen) atoms. The molecule has 1 amide bonds. The van der Waals surface area contributed by atoms with E-state index in [1.165, 1.54) is 13.4 Å². The standard InChI is InChI=1S/C17H20N2O5S/c1-23-10-11-25(21,22)18-14-7-6-13-4-2-8-19(15(13)12-14)17(20)16-5-3-9-24-16/h3,5-7,9,12,18H,2,4,8,10-11H2,1H3. The molecule has 2 heterocycles. The predicted octanol–water partition coefficient (Wildman–Crippen LogP) is 2.26. The molecule has 1 N–H and O–H groups in total. The molecule has 1 aliphatic rings. The molecule has 1 aromatic carbocycles. The second kappa shape index (κ2) is 7.28. The summed E-state index contributed by atoms with van der Waals surface area (Å²) in [6, 6.07) is 8.54. The van der Waals surface area contributed by atoms with E-state index in [4.69, 9.17) is 9.15 Å². The van der Waals surface area contributed by atoms with Crippen LogP contribution in [-0.2, 0) is 21.2 Å². The van der Waals surface area contributed by atoms with Crippen LogP contribution in [0.3, 0.4) is 0 Å². The number of furan rings is 1. The molecule has 0 unspecified atom stereocenters. The number of rotatable bonds is 6. The van der Waals surface area contributed by atoms with Crippen LogP contribution in [0.1, 0.15) is 22.5 Å². The molecule has 1 aliphatic heterocycles. The van der Waals surface area contributed by atoms with Crippen LogP contribution >= 0.6 is 0 Å². The molecule has 0 bridgehead atoms. The predicted molar refractivity (Wildman–Crippen MR) is 94.4 cm³/mol. The number of benzene rings is 1. The van der Waals surface area contributed by atoms with Crippen LogP contribution in [0.15, 0.2) is 41.0 Å². The summed E-state index contributed by atoms with van der Waals surface area (Å²) < 4.78 is 36.6. The van der Waals surface area contributed by atoms with Gasteiger partial charge in [-0.3, -0.25) is 9.52 Å². The number of nitrogens with zero attached hydrogens (tertiary/aromatic N) is 1. The molecule has 7 nitrogen and oxygen atoms in total. The van der Waals surface area contributed by atoms with Crippen LogP contribution in [-0.4, -0.2) is 40.3 Å². The zero-order valence-electron chi connectivity index (χ0n) is 13.9. The van der Waals surface area contributed by atoms with E-state index in [1.807, 2.05) is 6.07 Å². The first-order valence-corrected chi connectivity index (χ1v) is 9.63. The number of fused-ring (bicyclic) bond motifs is 1. The Kier molecular flexibility index (Phi) is 5.10. The zero-order chi connectivity index (χ0) is 17.9. The minimum absolute atomic E-state index is 0.114. The van der Waals surface area contributed by atoms with E-state index in [0.717, 1.165) is 18.4 Å². The van der Waals surface area contributed by atoms with E-state index >= 15 is 0 Å². The monoisotopic (exact) mass is 364 g/mol. The van der Waals surface area contributed by atoms with E-state index < -0.39 is 10.0 Å². The number of hydrogen-bond acceptors (Lipinski definition) is 5. The van der Waals surface area contributed by atoms with Gasteiger partial charge in [0.25, 0.3) is 5.91 Å². The number of anilines is 2. The molecular weight excluding hydrogens is 344 g/mol. The number of ether oxygens (including phenoxy) is 1. The minimum Gasteiger partial charge on any atom is -0.459 e. The molecule has 0 saturated carbocycles. The number of amides is 1. The Bertz CT molecular complexity index is 846. The molecule has 1 aromatic heterocycles. The van der Waals surface area contributed by atoms with Gasteiger partial charge in [0.1, 0.15) is 0 Å².